The summed E-state index contributed by atoms with van der Waals surface area (Å²) >= 11 is 0. The van der Waals surface area contributed by atoms with E-state index in [1.807, 2.05) is 37.3 Å². The lowest BCUT2D eigenvalue weighted by Crippen LogP contribution is -2.39. The maximum atomic E-state index is 12.4. The zero-order valence-corrected chi connectivity index (χ0v) is 13.1. The Bertz CT molecular complexity index is 504. The molecule has 2 rings (SSSR count). The van der Waals surface area contributed by atoms with E-state index in [1.54, 1.807) is 9.80 Å². The summed E-state index contributed by atoms with van der Waals surface area (Å²) in [6, 6.07) is 10.0. The molecule has 120 valence electrons. The SMILES string of the molecule is CCN(CCO)C(=O)[C@H]1CC(=O)N(CCc2ccccc2)C1. The molecule has 1 aliphatic heterocycles. The van der Waals surface area contributed by atoms with Crippen LogP contribution in [0.25, 0.3) is 0 Å². The zero-order valence-electron chi connectivity index (χ0n) is 13.1. The molecule has 1 atom stereocenters. The normalized spacial score (nSPS) is 17.8. The standard InChI is InChI=1S/C17H24N2O3/c1-2-18(10-11-20)17(22)15-12-16(21)19(13-15)9-8-14-6-4-3-5-7-14/h3-7,15,20H,2,8-13H2,1H3/t15-/m0/s1. The van der Waals surface area contributed by atoms with Crippen LogP contribution in [-0.2, 0) is 16.0 Å². The van der Waals surface area contributed by atoms with Gasteiger partial charge in [0.25, 0.3) is 0 Å². The first-order valence-corrected chi connectivity index (χ1v) is 7.87. The summed E-state index contributed by atoms with van der Waals surface area (Å²) in [7, 11) is 0. The highest BCUT2D eigenvalue weighted by Gasteiger charge is 2.35. The lowest BCUT2D eigenvalue weighted by molar-refractivity contribution is -0.136. The highest BCUT2D eigenvalue weighted by atomic mass is 16.3. The second kappa shape index (κ2) is 7.94. The van der Waals surface area contributed by atoms with E-state index in [-0.39, 0.29) is 30.8 Å². The van der Waals surface area contributed by atoms with Gasteiger partial charge in [0.2, 0.25) is 11.8 Å². The molecule has 1 aromatic rings. The van der Waals surface area contributed by atoms with E-state index in [1.165, 1.54) is 5.56 Å². The third-order valence-corrected chi connectivity index (χ3v) is 4.14. The number of hydrogen-bond acceptors (Lipinski definition) is 3. The lowest BCUT2D eigenvalue weighted by atomic mass is 10.1. The third-order valence-electron chi connectivity index (χ3n) is 4.14. The number of carbonyl (C=O) groups excluding carboxylic acids is 2. The first kappa shape index (κ1) is 16.5. The van der Waals surface area contributed by atoms with Gasteiger partial charge in [-0.3, -0.25) is 9.59 Å². The van der Waals surface area contributed by atoms with Crippen LogP contribution in [0.15, 0.2) is 30.3 Å². The molecule has 0 saturated carbocycles. The molecule has 0 bridgehead atoms. The van der Waals surface area contributed by atoms with Crippen LogP contribution < -0.4 is 0 Å². The number of aliphatic hydroxyl groups excluding tert-OH is 1. The minimum atomic E-state index is -0.269. The maximum absolute atomic E-state index is 12.4. The Labute approximate surface area is 131 Å². The van der Waals surface area contributed by atoms with E-state index < -0.39 is 0 Å². The van der Waals surface area contributed by atoms with Gasteiger partial charge in [-0.15, -0.1) is 0 Å². The molecule has 5 nitrogen and oxygen atoms in total. The second-order valence-corrected chi connectivity index (χ2v) is 5.62. The molecule has 0 aromatic heterocycles. The number of amides is 2. The quantitative estimate of drug-likeness (QED) is 0.815. The highest BCUT2D eigenvalue weighted by molar-refractivity contribution is 5.89. The van der Waals surface area contributed by atoms with Crippen molar-refractivity contribution in [1.29, 1.82) is 0 Å². The van der Waals surface area contributed by atoms with Crippen molar-refractivity contribution in [3.63, 3.8) is 0 Å². The third kappa shape index (κ3) is 4.07. The predicted octanol–water partition coefficient (Wildman–Crippen LogP) is 0.918. The minimum absolute atomic E-state index is 0.0212. The summed E-state index contributed by atoms with van der Waals surface area (Å²) in [6.07, 6.45) is 1.09. The number of likely N-dealkylation sites (tertiary alicyclic amines) is 1. The highest BCUT2D eigenvalue weighted by Crippen LogP contribution is 2.20. The Kier molecular flexibility index (Phi) is 5.95. The Morgan fingerprint density at radius 2 is 2.09 bits per heavy atom. The van der Waals surface area contributed by atoms with Crippen LogP contribution in [0.5, 0.6) is 0 Å². The topological polar surface area (TPSA) is 60.9 Å². The van der Waals surface area contributed by atoms with Crippen molar-refractivity contribution in [1.82, 2.24) is 9.80 Å². The molecule has 1 aromatic carbocycles. The summed E-state index contributed by atoms with van der Waals surface area (Å²) in [5.41, 5.74) is 1.19. The number of carbonyl (C=O) groups is 2. The van der Waals surface area contributed by atoms with Crippen molar-refractivity contribution >= 4 is 11.8 Å². The van der Waals surface area contributed by atoms with Crippen LogP contribution in [0.4, 0.5) is 0 Å². The Morgan fingerprint density at radius 1 is 1.36 bits per heavy atom. The van der Waals surface area contributed by atoms with E-state index in [2.05, 4.69) is 0 Å². The van der Waals surface area contributed by atoms with Crippen LogP contribution in [0.3, 0.4) is 0 Å². The average molecular weight is 304 g/mol. The van der Waals surface area contributed by atoms with Crippen molar-refractivity contribution in [2.24, 2.45) is 5.92 Å². The van der Waals surface area contributed by atoms with Crippen LogP contribution in [0.1, 0.15) is 18.9 Å². The van der Waals surface area contributed by atoms with Gasteiger partial charge in [-0.25, -0.2) is 0 Å². The molecule has 0 spiro atoms. The number of likely N-dealkylation sites (N-methyl/N-ethyl adjacent to an activating group) is 1. The van der Waals surface area contributed by atoms with Crippen molar-refractivity contribution in [2.75, 3.05) is 32.8 Å². The number of benzene rings is 1. The molecule has 1 N–H and O–H groups in total. The monoisotopic (exact) mass is 304 g/mol. The smallest absolute Gasteiger partial charge is 0.228 e. The molecule has 0 radical (unpaired) electrons. The summed E-state index contributed by atoms with van der Waals surface area (Å²) < 4.78 is 0. The molecule has 0 unspecified atom stereocenters. The molecule has 1 aliphatic rings. The average Bonchev–Trinajstić information content (AvgIpc) is 2.92. The van der Waals surface area contributed by atoms with Crippen LogP contribution in [-0.4, -0.2) is 59.5 Å². The number of aliphatic hydroxyl groups is 1. The summed E-state index contributed by atoms with van der Waals surface area (Å²) in [5, 5.41) is 9.00. The summed E-state index contributed by atoms with van der Waals surface area (Å²) in [5.74, 6) is -0.240. The van der Waals surface area contributed by atoms with Gasteiger partial charge >= 0.3 is 0 Å². The molecule has 1 heterocycles. The summed E-state index contributed by atoms with van der Waals surface area (Å²) in [6.45, 7) is 3.89. The van der Waals surface area contributed by atoms with Crippen molar-refractivity contribution in [3.05, 3.63) is 35.9 Å². The summed E-state index contributed by atoms with van der Waals surface area (Å²) in [4.78, 5) is 27.9. The minimum Gasteiger partial charge on any atom is -0.395 e. The van der Waals surface area contributed by atoms with Gasteiger partial charge in [0.1, 0.15) is 0 Å². The fourth-order valence-electron chi connectivity index (χ4n) is 2.87. The molecule has 22 heavy (non-hydrogen) atoms. The van der Waals surface area contributed by atoms with Gasteiger partial charge in [-0.2, -0.15) is 0 Å². The largest absolute Gasteiger partial charge is 0.395 e. The van der Waals surface area contributed by atoms with Crippen molar-refractivity contribution in [3.8, 4) is 0 Å². The Hall–Kier alpha value is -1.88. The van der Waals surface area contributed by atoms with Gasteiger partial charge in [0.15, 0.2) is 0 Å². The predicted molar refractivity (Wildman–Crippen MR) is 84.2 cm³/mol. The number of nitrogens with zero attached hydrogens (tertiary/aromatic N) is 2. The van der Waals surface area contributed by atoms with Crippen molar-refractivity contribution < 1.29 is 14.7 Å². The molecular formula is C17H24N2O3. The Morgan fingerprint density at radius 3 is 2.73 bits per heavy atom. The van der Waals surface area contributed by atoms with Crippen LogP contribution in [0.2, 0.25) is 0 Å². The van der Waals surface area contributed by atoms with E-state index >= 15 is 0 Å². The van der Waals surface area contributed by atoms with Gasteiger partial charge in [0.05, 0.1) is 12.5 Å². The molecule has 1 saturated heterocycles. The number of hydrogen-bond donors (Lipinski definition) is 1. The van der Waals surface area contributed by atoms with E-state index in [9.17, 15) is 9.59 Å². The maximum Gasteiger partial charge on any atom is 0.228 e. The molecule has 0 aliphatic carbocycles. The first-order chi connectivity index (χ1) is 10.7. The van der Waals surface area contributed by atoms with Crippen molar-refractivity contribution in [2.45, 2.75) is 19.8 Å². The second-order valence-electron chi connectivity index (χ2n) is 5.62. The fourth-order valence-corrected chi connectivity index (χ4v) is 2.87. The first-order valence-electron chi connectivity index (χ1n) is 7.87. The lowest BCUT2D eigenvalue weighted by Gasteiger charge is -2.23. The van der Waals surface area contributed by atoms with Gasteiger partial charge in [-0.1, -0.05) is 30.3 Å². The van der Waals surface area contributed by atoms with Gasteiger partial charge < -0.3 is 14.9 Å². The van der Waals surface area contributed by atoms with E-state index in [0.717, 1.165) is 6.42 Å². The van der Waals surface area contributed by atoms with Gasteiger partial charge in [-0.05, 0) is 18.9 Å². The fraction of sp³-hybridized carbons (Fsp3) is 0.529. The zero-order chi connectivity index (χ0) is 15.9. The molecule has 5 heteroatoms. The van der Waals surface area contributed by atoms with Gasteiger partial charge in [0, 0.05) is 32.6 Å². The van der Waals surface area contributed by atoms with Crippen LogP contribution >= 0.6 is 0 Å². The molecule has 1 fully saturated rings. The Balaban J connectivity index is 1.88. The van der Waals surface area contributed by atoms with E-state index in [4.69, 9.17) is 5.11 Å². The number of rotatable bonds is 7. The molecular weight excluding hydrogens is 280 g/mol. The van der Waals surface area contributed by atoms with Crippen LogP contribution in [0, 0.1) is 5.92 Å². The molecule has 2 amide bonds. The van der Waals surface area contributed by atoms with E-state index in [0.29, 0.717) is 26.2 Å².